The van der Waals surface area contributed by atoms with E-state index in [0.29, 0.717) is 33.4 Å². The number of carbonyl (C=O) groups excluding carboxylic acids is 3. The number of benzene rings is 2. The first-order chi connectivity index (χ1) is 13.4. The molecule has 0 aliphatic heterocycles. The van der Waals surface area contributed by atoms with Gasteiger partial charge in [-0.25, -0.2) is 4.79 Å². The molecular formula is C19H20Cl2N4O3. The molecule has 4 N–H and O–H groups in total. The van der Waals surface area contributed by atoms with E-state index in [2.05, 4.69) is 21.3 Å². The molecule has 0 unspecified atom stereocenters. The van der Waals surface area contributed by atoms with Crippen LogP contribution in [0.15, 0.2) is 42.5 Å². The molecule has 0 fully saturated rings. The van der Waals surface area contributed by atoms with Crippen molar-refractivity contribution in [1.29, 1.82) is 0 Å². The molecule has 148 valence electrons. The molecule has 0 heterocycles. The number of hydrogen-bond acceptors (Lipinski definition) is 3. The van der Waals surface area contributed by atoms with Crippen LogP contribution in [0.4, 0.5) is 16.2 Å². The van der Waals surface area contributed by atoms with E-state index in [1.165, 1.54) is 6.07 Å². The molecule has 0 saturated carbocycles. The molecular weight excluding hydrogens is 403 g/mol. The number of rotatable bonds is 7. The van der Waals surface area contributed by atoms with E-state index < -0.39 is 6.03 Å². The molecule has 0 aliphatic carbocycles. The highest BCUT2D eigenvalue weighted by Gasteiger charge is 2.07. The second-order valence-corrected chi connectivity index (χ2v) is 6.56. The van der Waals surface area contributed by atoms with Crippen LogP contribution in [-0.4, -0.2) is 30.9 Å². The molecule has 0 aliphatic rings. The minimum Gasteiger partial charge on any atom is -0.350 e. The first-order valence-electron chi connectivity index (χ1n) is 8.57. The first-order valence-corrected chi connectivity index (χ1v) is 9.32. The van der Waals surface area contributed by atoms with Crippen LogP contribution >= 0.6 is 23.2 Å². The highest BCUT2D eigenvalue weighted by atomic mass is 35.5. The number of halogens is 2. The standard InChI is InChI=1S/C19H20Cl2N4O3/c1-2-17(26)24-13-5-3-12(4-6-13)18(27)22-9-10-23-19(28)25-14-7-8-15(20)16(21)11-14/h3-8,11H,2,9-10H2,1H3,(H,22,27)(H,24,26)(H2,23,25,28). The maximum Gasteiger partial charge on any atom is 0.319 e. The zero-order valence-electron chi connectivity index (χ0n) is 15.1. The Labute approximate surface area is 172 Å². The van der Waals surface area contributed by atoms with Gasteiger partial charge in [-0.1, -0.05) is 30.1 Å². The third kappa shape index (κ3) is 6.75. The number of anilines is 2. The van der Waals surface area contributed by atoms with Crippen LogP contribution in [0.5, 0.6) is 0 Å². The minimum absolute atomic E-state index is 0.0950. The first kappa shape index (κ1) is 21.5. The second kappa shape index (κ2) is 10.5. The van der Waals surface area contributed by atoms with Gasteiger partial charge in [0.2, 0.25) is 5.91 Å². The van der Waals surface area contributed by atoms with Crippen molar-refractivity contribution in [2.75, 3.05) is 23.7 Å². The summed E-state index contributed by atoms with van der Waals surface area (Å²) < 4.78 is 0. The molecule has 4 amide bonds. The zero-order valence-corrected chi connectivity index (χ0v) is 16.7. The van der Waals surface area contributed by atoms with Gasteiger partial charge in [0.15, 0.2) is 0 Å². The van der Waals surface area contributed by atoms with Crippen molar-refractivity contribution in [1.82, 2.24) is 10.6 Å². The van der Waals surface area contributed by atoms with Crippen molar-refractivity contribution in [2.24, 2.45) is 0 Å². The molecule has 0 bridgehead atoms. The normalized spacial score (nSPS) is 10.1. The smallest absolute Gasteiger partial charge is 0.319 e. The Bertz CT molecular complexity index is 857. The van der Waals surface area contributed by atoms with Crippen molar-refractivity contribution in [3.63, 3.8) is 0 Å². The Balaban J connectivity index is 1.72. The summed E-state index contributed by atoms with van der Waals surface area (Å²) in [6.45, 7) is 2.25. The molecule has 2 aromatic carbocycles. The number of amides is 4. The van der Waals surface area contributed by atoms with E-state index in [-0.39, 0.29) is 24.9 Å². The third-order valence-corrected chi connectivity index (χ3v) is 4.36. The van der Waals surface area contributed by atoms with Crippen LogP contribution in [0.2, 0.25) is 10.0 Å². The van der Waals surface area contributed by atoms with E-state index in [9.17, 15) is 14.4 Å². The molecule has 0 radical (unpaired) electrons. The van der Waals surface area contributed by atoms with Gasteiger partial charge < -0.3 is 21.3 Å². The van der Waals surface area contributed by atoms with Crippen molar-refractivity contribution >= 4 is 52.4 Å². The Hall–Kier alpha value is -2.77. The number of nitrogens with one attached hydrogen (secondary N) is 4. The average molecular weight is 423 g/mol. The summed E-state index contributed by atoms with van der Waals surface area (Å²) in [5, 5.41) is 11.4. The highest BCUT2D eigenvalue weighted by molar-refractivity contribution is 6.42. The highest BCUT2D eigenvalue weighted by Crippen LogP contribution is 2.24. The van der Waals surface area contributed by atoms with Crippen LogP contribution in [0, 0.1) is 0 Å². The van der Waals surface area contributed by atoms with Crippen LogP contribution in [0.1, 0.15) is 23.7 Å². The van der Waals surface area contributed by atoms with E-state index in [1.807, 2.05) is 0 Å². The lowest BCUT2D eigenvalue weighted by Gasteiger charge is -2.10. The van der Waals surface area contributed by atoms with Gasteiger partial charge in [-0.15, -0.1) is 0 Å². The van der Waals surface area contributed by atoms with Gasteiger partial charge in [0.25, 0.3) is 5.91 Å². The second-order valence-electron chi connectivity index (χ2n) is 5.74. The van der Waals surface area contributed by atoms with Crippen molar-refractivity contribution in [3.8, 4) is 0 Å². The summed E-state index contributed by atoms with van der Waals surface area (Å²) in [6.07, 6.45) is 0.383. The maximum atomic E-state index is 12.1. The van der Waals surface area contributed by atoms with Gasteiger partial charge in [0.1, 0.15) is 0 Å². The molecule has 0 spiro atoms. The third-order valence-electron chi connectivity index (χ3n) is 3.63. The summed E-state index contributed by atoms with van der Waals surface area (Å²) in [7, 11) is 0. The fourth-order valence-corrected chi connectivity index (χ4v) is 2.46. The Morgan fingerprint density at radius 2 is 1.46 bits per heavy atom. The fourth-order valence-electron chi connectivity index (χ4n) is 2.16. The Morgan fingerprint density at radius 1 is 0.821 bits per heavy atom. The van der Waals surface area contributed by atoms with Crippen LogP contribution in [-0.2, 0) is 4.79 Å². The van der Waals surface area contributed by atoms with Gasteiger partial charge in [0.05, 0.1) is 10.0 Å². The number of hydrogen-bond donors (Lipinski definition) is 4. The number of urea groups is 1. The van der Waals surface area contributed by atoms with E-state index >= 15 is 0 Å². The summed E-state index contributed by atoms with van der Waals surface area (Å²) in [5.74, 6) is -0.373. The molecule has 0 saturated heterocycles. The van der Waals surface area contributed by atoms with Crippen molar-refractivity contribution in [2.45, 2.75) is 13.3 Å². The van der Waals surface area contributed by atoms with E-state index in [0.717, 1.165) is 0 Å². The van der Waals surface area contributed by atoms with Gasteiger partial charge in [0, 0.05) is 36.4 Å². The predicted molar refractivity (Wildman–Crippen MR) is 111 cm³/mol. The van der Waals surface area contributed by atoms with Gasteiger partial charge in [-0.3, -0.25) is 9.59 Å². The molecule has 2 rings (SSSR count). The molecule has 7 nitrogen and oxygen atoms in total. The molecule has 0 aromatic heterocycles. The maximum absolute atomic E-state index is 12.1. The summed E-state index contributed by atoms with van der Waals surface area (Å²) in [5.41, 5.74) is 1.59. The van der Waals surface area contributed by atoms with Crippen LogP contribution < -0.4 is 21.3 Å². The average Bonchev–Trinajstić information content (AvgIpc) is 2.68. The molecule has 9 heteroatoms. The quantitative estimate of drug-likeness (QED) is 0.509. The largest absolute Gasteiger partial charge is 0.350 e. The Morgan fingerprint density at radius 3 is 2.11 bits per heavy atom. The zero-order chi connectivity index (χ0) is 20.5. The van der Waals surface area contributed by atoms with Gasteiger partial charge >= 0.3 is 6.03 Å². The lowest BCUT2D eigenvalue weighted by Crippen LogP contribution is -2.36. The molecule has 0 atom stereocenters. The molecule has 28 heavy (non-hydrogen) atoms. The monoisotopic (exact) mass is 422 g/mol. The minimum atomic E-state index is -0.427. The van der Waals surface area contributed by atoms with Gasteiger partial charge in [-0.2, -0.15) is 0 Å². The fraction of sp³-hybridized carbons (Fsp3) is 0.211. The van der Waals surface area contributed by atoms with E-state index in [1.54, 1.807) is 43.3 Å². The lowest BCUT2D eigenvalue weighted by atomic mass is 10.2. The lowest BCUT2D eigenvalue weighted by molar-refractivity contribution is -0.115. The SMILES string of the molecule is CCC(=O)Nc1ccc(C(=O)NCCNC(=O)Nc2ccc(Cl)c(Cl)c2)cc1. The summed E-state index contributed by atoms with van der Waals surface area (Å²) in [4.78, 5) is 35.2. The summed E-state index contributed by atoms with van der Waals surface area (Å²) >= 11 is 11.7. The van der Waals surface area contributed by atoms with Crippen molar-refractivity contribution in [3.05, 3.63) is 58.1 Å². The van der Waals surface area contributed by atoms with Crippen LogP contribution in [0.25, 0.3) is 0 Å². The predicted octanol–water partition coefficient (Wildman–Crippen LogP) is 3.89. The topological polar surface area (TPSA) is 99.3 Å². The van der Waals surface area contributed by atoms with Crippen molar-refractivity contribution < 1.29 is 14.4 Å². The van der Waals surface area contributed by atoms with Crippen LogP contribution in [0.3, 0.4) is 0 Å². The molecule has 2 aromatic rings. The Kier molecular flexibility index (Phi) is 8.10. The summed E-state index contributed by atoms with van der Waals surface area (Å²) in [6, 6.07) is 10.9. The van der Waals surface area contributed by atoms with E-state index in [4.69, 9.17) is 23.2 Å². The van der Waals surface area contributed by atoms with Gasteiger partial charge in [-0.05, 0) is 42.5 Å². The number of carbonyl (C=O) groups is 3.